The lowest BCUT2D eigenvalue weighted by Gasteiger charge is -2.18. The number of esters is 3. The van der Waals surface area contributed by atoms with Gasteiger partial charge in [0.25, 0.3) is 0 Å². The lowest BCUT2D eigenvalue weighted by Crippen LogP contribution is -2.30. The van der Waals surface area contributed by atoms with Crippen molar-refractivity contribution in [3.05, 3.63) is 146 Å². The van der Waals surface area contributed by atoms with Gasteiger partial charge < -0.3 is 14.2 Å². The highest BCUT2D eigenvalue weighted by Gasteiger charge is 2.19. The van der Waals surface area contributed by atoms with Crippen LogP contribution in [0.5, 0.6) is 0 Å². The normalized spacial score (nSPS) is 13.4. The minimum atomic E-state index is -0.846. The number of hydrogen-bond donors (Lipinski definition) is 0. The molecule has 0 bridgehead atoms. The van der Waals surface area contributed by atoms with Gasteiger partial charge in [0, 0.05) is 19.3 Å². The summed E-state index contributed by atoms with van der Waals surface area (Å²) in [6, 6.07) is 0. The maximum absolute atomic E-state index is 12.7. The van der Waals surface area contributed by atoms with E-state index >= 15 is 0 Å². The van der Waals surface area contributed by atoms with Crippen LogP contribution in [-0.2, 0) is 28.6 Å². The van der Waals surface area contributed by atoms with Crippen molar-refractivity contribution in [2.45, 2.75) is 175 Å². The molecule has 0 heterocycles. The molecule has 0 radical (unpaired) electrons. The molecule has 0 aromatic rings. The van der Waals surface area contributed by atoms with E-state index in [0.29, 0.717) is 19.3 Å². The molecule has 0 aromatic carbocycles. The molecular weight excluding hydrogens is 769 g/mol. The van der Waals surface area contributed by atoms with Gasteiger partial charge in [0.05, 0.1) is 0 Å². The van der Waals surface area contributed by atoms with E-state index in [1.165, 1.54) is 25.7 Å². The summed E-state index contributed by atoms with van der Waals surface area (Å²) in [6.45, 7) is 6.18. The highest BCUT2D eigenvalue weighted by molar-refractivity contribution is 5.71. The summed E-state index contributed by atoms with van der Waals surface area (Å²) in [5.74, 6) is -1.11. The SMILES string of the molecule is CC/C=C/C=C/C=C/C=C/C=C/CCCC(=O)OCC(COC(=O)CCC/C=C/C/C=C/C/C=C/C/C=C/CCCCC)OC(=O)CCCCCC/C=C/C/C=C/C/C=C/CC. The third-order valence-electron chi connectivity index (χ3n) is 9.19. The van der Waals surface area contributed by atoms with Crippen molar-refractivity contribution in [2.75, 3.05) is 13.2 Å². The number of hydrogen-bond acceptors (Lipinski definition) is 6. The van der Waals surface area contributed by atoms with Crippen molar-refractivity contribution in [1.29, 1.82) is 0 Å². The summed E-state index contributed by atoms with van der Waals surface area (Å²) in [5.41, 5.74) is 0. The van der Waals surface area contributed by atoms with E-state index in [4.69, 9.17) is 14.2 Å². The summed E-state index contributed by atoms with van der Waals surface area (Å²) in [7, 11) is 0. The Labute approximate surface area is 378 Å². The molecule has 1 atom stereocenters. The minimum Gasteiger partial charge on any atom is -0.462 e. The second-order valence-corrected chi connectivity index (χ2v) is 15.0. The monoisotopic (exact) mass is 853 g/mol. The predicted molar refractivity (Wildman–Crippen MR) is 265 cm³/mol. The third-order valence-corrected chi connectivity index (χ3v) is 9.19. The molecule has 0 rings (SSSR count). The molecule has 0 fully saturated rings. The lowest BCUT2D eigenvalue weighted by molar-refractivity contribution is -0.167. The second-order valence-electron chi connectivity index (χ2n) is 15.0. The van der Waals surface area contributed by atoms with Gasteiger partial charge in [-0.05, 0) is 103 Å². The van der Waals surface area contributed by atoms with Gasteiger partial charge in [-0.15, -0.1) is 0 Å². The average Bonchev–Trinajstić information content (AvgIpc) is 3.27. The molecule has 6 heteroatoms. The van der Waals surface area contributed by atoms with Crippen LogP contribution < -0.4 is 0 Å². The fourth-order valence-corrected chi connectivity index (χ4v) is 5.65. The first-order valence-electron chi connectivity index (χ1n) is 23.9. The molecule has 0 aliphatic heterocycles. The van der Waals surface area contributed by atoms with Gasteiger partial charge in [-0.25, -0.2) is 0 Å². The molecule has 0 spiro atoms. The molecule has 0 N–H and O–H groups in total. The number of carbonyl (C=O) groups excluding carboxylic acids is 3. The molecule has 0 amide bonds. The van der Waals surface area contributed by atoms with Gasteiger partial charge in [0.1, 0.15) is 13.2 Å². The van der Waals surface area contributed by atoms with Gasteiger partial charge in [-0.1, -0.05) is 192 Å². The quantitative estimate of drug-likeness (QED) is 0.0201. The Morgan fingerprint density at radius 3 is 1.21 bits per heavy atom. The van der Waals surface area contributed by atoms with E-state index in [0.717, 1.165) is 83.5 Å². The Hall–Kier alpha value is -4.71. The van der Waals surface area contributed by atoms with E-state index in [2.05, 4.69) is 112 Å². The Bertz CT molecular complexity index is 1440. The first-order chi connectivity index (χ1) is 30.5. The topological polar surface area (TPSA) is 78.9 Å². The molecule has 6 nitrogen and oxygen atoms in total. The number of allylic oxidation sites excluding steroid dienone is 24. The average molecular weight is 853 g/mol. The molecule has 62 heavy (non-hydrogen) atoms. The molecule has 0 saturated carbocycles. The zero-order chi connectivity index (χ0) is 45.1. The standard InChI is InChI=1S/C56H84O6/c1-4-7-10-13-16-19-22-25-27-28-29-32-34-37-40-43-46-49-55(58)61-52-53(51-60-54(57)48-45-42-39-36-33-30-24-21-18-15-12-9-6-3)62-56(59)50-47-44-41-38-35-31-26-23-20-17-14-11-8-5-2/h8-9,11-12,15-21,24-27,29-33,36-37,39-40,53H,4-7,10,13-14,22-23,28,34-35,38,41-52H2,1-3H3/b11-8+,12-9+,18-15+,19-16+,20-17+,24-21+,27-25+,31-26+,32-29+,33-30+,39-36+,40-37+. The van der Waals surface area contributed by atoms with Gasteiger partial charge in [-0.2, -0.15) is 0 Å². The zero-order valence-corrected chi connectivity index (χ0v) is 39.1. The van der Waals surface area contributed by atoms with E-state index in [1.54, 1.807) is 0 Å². The maximum Gasteiger partial charge on any atom is 0.306 e. The highest BCUT2D eigenvalue weighted by Crippen LogP contribution is 2.10. The van der Waals surface area contributed by atoms with E-state index in [1.807, 2.05) is 54.7 Å². The van der Waals surface area contributed by atoms with Crippen LogP contribution in [0.3, 0.4) is 0 Å². The van der Waals surface area contributed by atoms with Crippen molar-refractivity contribution in [3.8, 4) is 0 Å². The summed E-state index contributed by atoms with van der Waals surface area (Å²) in [6.07, 6.45) is 69.8. The van der Waals surface area contributed by atoms with Crippen LogP contribution in [-0.4, -0.2) is 37.2 Å². The van der Waals surface area contributed by atoms with E-state index < -0.39 is 6.10 Å². The van der Waals surface area contributed by atoms with Crippen LogP contribution in [0.2, 0.25) is 0 Å². The summed E-state index contributed by atoms with van der Waals surface area (Å²) >= 11 is 0. The molecule has 0 saturated heterocycles. The predicted octanol–water partition coefficient (Wildman–Crippen LogP) is 15.7. The molecule has 1 unspecified atom stereocenters. The Kier molecular flexibility index (Phi) is 45.2. The lowest BCUT2D eigenvalue weighted by atomic mass is 10.1. The number of rotatable bonds is 40. The van der Waals surface area contributed by atoms with Gasteiger partial charge >= 0.3 is 17.9 Å². The Balaban J connectivity index is 4.65. The first kappa shape index (κ1) is 57.3. The van der Waals surface area contributed by atoms with Crippen molar-refractivity contribution < 1.29 is 28.6 Å². The molecular formula is C56H84O6. The molecule has 0 aliphatic rings. The van der Waals surface area contributed by atoms with Crippen molar-refractivity contribution in [2.24, 2.45) is 0 Å². The van der Waals surface area contributed by atoms with Crippen LogP contribution in [0.15, 0.2) is 146 Å². The van der Waals surface area contributed by atoms with Crippen molar-refractivity contribution in [1.82, 2.24) is 0 Å². The van der Waals surface area contributed by atoms with Crippen molar-refractivity contribution >= 4 is 17.9 Å². The van der Waals surface area contributed by atoms with Gasteiger partial charge in [-0.3, -0.25) is 14.4 Å². The Morgan fingerprint density at radius 2 is 0.726 bits per heavy atom. The molecule has 344 valence electrons. The van der Waals surface area contributed by atoms with Crippen LogP contribution in [0.4, 0.5) is 0 Å². The fraction of sp³-hybridized carbons (Fsp3) is 0.518. The maximum atomic E-state index is 12.7. The third kappa shape index (κ3) is 46.4. The molecule has 0 aromatic heterocycles. The first-order valence-corrected chi connectivity index (χ1v) is 23.9. The largest absolute Gasteiger partial charge is 0.462 e. The minimum absolute atomic E-state index is 0.145. The fourth-order valence-electron chi connectivity index (χ4n) is 5.65. The number of unbranched alkanes of at least 4 members (excludes halogenated alkanes) is 9. The highest BCUT2D eigenvalue weighted by atomic mass is 16.6. The summed E-state index contributed by atoms with van der Waals surface area (Å²) in [5, 5.41) is 0. The van der Waals surface area contributed by atoms with Crippen LogP contribution in [0.1, 0.15) is 168 Å². The number of carbonyl (C=O) groups is 3. The van der Waals surface area contributed by atoms with Crippen LogP contribution >= 0.6 is 0 Å². The summed E-state index contributed by atoms with van der Waals surface area (Å²) in [4.78, 5) is 37.8. The van der Waals surface area contributed by atoms with E-state index in [-0.39, 0.29) is 50.4 Å². The molecule has 0 aliphatic carbocycles. The van der Waals surface area contributed by atoms with Gasteiger partial charge in [0.15, 0.2) is 6.10 Å². The van der Waals surface area contributed by atoms with E-state index in [9.17, 15) is 14.4 Å². The number of ether oxygens (including phenoxy) is 3. The van der Waals surface area contributed by atoms with Crippen LogP contribution in [0, 0.1) is 0 Å². The zero-order valence-electron chi connectivity index (χ0n) is 39.1. The van der Waals surface area contributed by atoms with Crippen molar-refractivity contribution in [3.63, 3.8) is 0 Å². The smallest absolute Gasteiger partial charge is 0.306 e. The van der Waals surface area contributed by atoms with Gasteiger partial charge in [0.2, 0.25) is 0 Å². The Morgan fingerprint density at radius 1 is 0.355 bits per heavy atom. The second kappa shape index (κ2) is 49.0. The van der Waals surface area contributed by atoms with Crippen LogP contribution in [0.25, 0.3) is 0 Å². The summed E-state index contributed by atoms with van der Waals surface area (Å²) < 4.78 is 16.6.